The van der Waals surface area contributed by atoms with Crippen LogP contribution in [-0.4, -0.2) is 49.7 Å². The normalized spacial score (nSPS) is 14.1. The van der Waals surface area contributed by atoms with Gasteiger partial charge >= 0.3 is 6.03 Å². The Hall–Kier alpha value is -4.53. The third-order valence-electron chi connectivity index (χ3n) is 7.46. The topological polar surface area (TPSA) is 105 Å². The molecule has 9 heteroatoms. The first kappa shape index (κ1) is 28.0. The average Bonchev–Trinajstić information content (AvgIpc) is 3.39. The van der Waals surface area contributed by atoms with Crippen molar-refractivity contribution < 1.29 is 9.59 Å². The molecular formula is C32H37N7O2. The Labute approximate surface area is 241 Å². The SMILES string of the molecule is Cc1ccc(-n2nc(C(C)(C)C)cc2NC(=O)Nc2ccccc2CC2CCN(C(=O)c3cnccn3)CC2)cc1. The number of para-hydroxylation sites is 1. The minimum atomic E-state index is -0.324. The van der Waals surface area contributed by atoms with Gasteiger partial charge < -0.3 is 10.2 Å². The van der Waals surface area contributed by atoms with Crippen LogP contribution in [0.1, 0.15) is 60.9 Å². The Morgan fingerprint density at radius 2 is 1.71 bits per heavy atom. The summed E-state index contributed by atoms with van der Waals surface area (Å²) < 4.78 is 1.78. The number of hydrogen-bond acceptors (Lipinski definition) is 5. The van der Waals surface area contributed by atoms with Crippen LogP contribution in [-0.2, 0) is 11.8 Å². The summed E-state index contributed by atoms with van der Waals surface area (Å²) in [4.78, 5) is 36.0. The molecule has 2 aromatic heterocycles. The molecule has 1 saturated heterocycles. The van der Waals surface area contributed by atoms with Crippen LogP contribution >= 0.6 is 0 Å². The summed E-state index contributed by atoms with van der Waals surface area (Å²) in [6, 6.07) is 17.6. The van der Waals surface area contributed by atoms with Crippen LogP contribution in [0.4, 0.5) is 16.3 Å². The van der Waals surface area contributed by atoms with E-state index < -0.39 is 0 Å². The van der Waals surface area contributed by atoms with Crippen molar-refractivity contribution in [2.45, 2.75) is 52.4 Å². The molecule has 0 radical (unpaired) electrons. The van der Waals surface area contributed by atoms with Crippen LogP contribution in [0, 0.1) is 12.8 Å². The van der Waals surface area contributed by atoms with E-state index in [2.05, 4.69) is 47.4 Å². The standard InChI is InChI=1S/C32H37N7O2/c1-22-9-11-25(12-10-22)39-29(20-28(37-39)32(2,3)4)36-31(41)35-26-8-6-5-7-24(26)19-23-13-17-38(18-14-23)30(40)27-21-33-15-16-34-27/h5-12,15-16,20-21,23H,13-14,17-19H2,1-4H3,(H2,35,36,41). The Balaban J connectivity index is 1.25. The lowest BCUT2D eigenvalue weighted by Gasteiger charge is -2.32. The molecule has 1 fully saturated rings. The van der Waals surface area contributed by atoms with Crippen LogP contribution in [0.3, 0.4) is 0 Å². The Bertz CT molecular complexity index is 1500. The highest BCUT2D eigenvalue weighted by Gasteiger charge is 2.26. The third kappa shape index (κ3) is 6.80. The molecule has 3 heterocycles. The van der Waals surface area contributed by atoms with Crippen LogP contribution < -0.4 is 10.6 Å². The molecule has 0 saturated carbocycles. The van der Waals surface area contributed by atoms with Gasteiger partial charge in [-0.2, -0.15) is 5.10 Å². The van der Waals surface area contributed by atoms with Crippen molar-refractivity contribution in [2.75, 3.05) is 23.7 Å². The van der Waals surface area contributed by atoms with Gasteiger partial charge in [-0.3, -0.25) is 15.1 Å². The second-order valence-corrected chi connectivity index (χ2v) is 11.7. The number of urea groups is 1. The number of nitrogens with zero attached hydrogens (tertiary/aromatic N) is 5. The summed E-state index contributed by atoms with van der Waals surface area (Å²) in [6.45, 7) is 9.70. The van der Waals surface area contributed by atoms with Crippen molar-refractivity contribution >= 4 is 23.4 Å². The first-order valence-electron chi connectivity index (χ1n) is 14.1. The van der Waals surface area contributed by atoms with Crippen molar-refractivity contribution in [3.05, 3.63) is 95.7 Å². The van der Waals surface area contributed by atoms with Crippen LogP contribution in [0.25, 0.3) is 5.69 Å². The number of likely N-dealkylation sites (tertiary alicyclic amines) is 1. The average molecular weight is 552 g/mol. The van der Waals surface area contributed by atoms with Crippen molar-refractivity contribution in [2.24, 2.45) is 5.92 Å². The zero-order valence-corrected chi connectivity index (χ0v) is 24.1. The number of benzene rings is 2. The maximum atomic E-state index is 13.3. The lowest BCUT2D eigenvalue weighted by molar-refractivity contribution is 0.0684. The number of piperidine rings is 1. The van der Waals surface area contributed by atoms with Gasteiger partial charge in [0.1, 0.15) is 11.5 Å². The summed E-state index contributed by atoms with van der Waals surface area (Å²) in [5, 5.41) is 10.9. The van der Waals surface area contributed by atoms with E-state index in [-0.39, 0.29) is 17.4 Å². The van der Waals surface area contributed by atoms with Gasteiger partial charge in [-0.25, -0.2) is 14.5 Å². The molecule has 5 rings (SSSR count). The highest BCUT2D eigenvalue weighted by molar-refractivity contribution is 6.00. The number of anilines is 2. The van der Waals surface area contributed by atoms with E-state index in [0.717, 1.165) is 47.5 Å². The minimum Gasteiger partial charge on any atom is -0.337 e. The quantitative estimate of drug-likeness (QED) is 0.306. The first-order chi connectivity index (χ1) is 19.7. The molecule has 0 unspecified atom stereocenters. The van der Waals surface area contributed by atoms with Gasteiger partial charge in [-0.1, -0.05) is 56.7 Å². The van der Waals surface area contributed by atoms with Gasteiger partial charge in [0.25, 0.3) is 5.91 Å². The van der Waals surface area contributed by atoms with Gasteiger partial charge in [-0.15, -0.1) is 0 Å². The fourth-order valence-electron chi connectivity index (χ4n) is 5.03. The number of hydrogen-bond donors (Lipinski definition) is 2. The lowest BCUT2D eigenvalue weighted by atomic mass is 9.89. The molecular weight excluding hydrogens is 514 g/mol. The van der Waals surface area contributed by atoms with Gasteiger partial charge in [-0.05, 0) is 55.9 Å². The van der Waals surface area contributed by atoms with Gasteiger partial charge in [0.15, 0.2) is 0 Å². The van der Waals surface area contributed by atoms with Crippen LogP contribution in [0.2, 0.25) is 0 Å². The van der Waals surface area contributed by atoms with Gasteiger partial charge in [0.05, 0.1) is 17.6 Å². The van der Waals surface area contributed by atoms with E-state index in [0.29, 0.717) is 30.5 Å². The lowest BCUT2D eigenvalue weighted by Crippen LogP contribution is -2.39. The Kier molecular flexibility index (Phi) is 8.14. The summed E-state index contributed by atoms with van der Waals surface area (Å²) in [6.07, 6.45) is 7.21. The molecule has 1 aliphatic rings. The Morgan fingerprint density at radius 1 is 0.976 bits per heavy atom. The fourth-order valence-corrected chi connectivity index (χ4v) is 5.03. The zero-order chi connectivity index (χ0) is 29.0. The zero-order valence-electron chi connectivity index (χ0n) is 24.1. The van der Waals surface area contributed by atoms with Crippen LogP contribution in [0.15, 0.2) is 73.2 Å². The second-order valence-electron chi connectivity index (χ2n) is 11.7. The molecule has 41 heavy (non-hydrogen) atoms. The number of aromatic nitrogens is 4. The minimum absolute atomic E-state index is 0.0743. The van der Waals surface area contributed by atoms with Crippen molar-refractivity contribution in [1.29, 1.82) is 0 Å². The van der Waals surface area contributed by atoms with Gasteiger partial charge in [0.2, 0.25) is 0 Å². The number of amides is 3. The van der Waals surface area contributed by atoms with Gasteiger partial charge in [0, 0.05) is 42.7 Å². The second kappa shape index (κ2) is 11.9. The molecule has 9 nitrogen and oxygen atoms in total. The molecule has 0 bridgehead atoms. The van der Waals surface area contributed by atoms with Crippen molar-refractivity contribution in [3.63, 3.8) is 0 Å². The molecule has 212 valence electrons. The number of aryl methyl sites for hydroxylation is 1. The largest absolute Gasteiger partial charge is 0.337 e. The number of carbonyl (C=O) groups excluding carboxylic acids is 2. The molecule has 0 atom stereocenters. The van der Waals surface area contributed by atoms with Crippen molar-refractivity contribution in [3.8, 4) is 5.69 Å². The Morgan fingerprint density at radius 3 is 2.39 bits per heavy atom. The predicted molar refractivity (Wildman–Crippen MR) is 160 cm³/mol. The summed E-state index contributed by atoms with van der Waals surface area (Å²) in [5.41, 5.74) is 4.98. The smallest absolute Gasteiger partial charge is 0.324 e. The fraction of sp³-hybridized carbons (Fsp3) is 0.344. The van der Waals surface area contributed by atoms with E-state index in [4.69, 9.17) is 5.10 Å². The van der Waals surface area contributed by atoms with E-state index >= 15 is 0 Å². The molecule has 0 aliphatic carbocycles. The van der Waals surface area contributed by atoms with Crippen molar-refractivity contribution in [1.82, 2.24) is 24.6 Å². The van der Waals surface area contributed by atoms with E-state index in [9.17, 15) is 9.59 Å². The molecule has 0 spiro atoms. The first-order valence-corrected chi connectivity index (χ1v) is 14.1. The number of rotatable bonds is 6. The van der Waals surface area contributed by atoms with Crippen LogP contribution in [0.5, 0.6) is 0 Å². The summed E-state index contributed by atoms with van der Waals surface area (Å²) in [7, 11) is 0. The van der Waals surface area contributed by atoms with E-state index in [1.165, 1.54) is 6.20 Å². The monoisotopic (exact) mass is 551 g/mol. The summed E-state index contributed by atoms with van der Waals surface area (Å²) in [5.74, 6) is 0.938. The molecule has 1 aliphatic heterocycles. The number of nitrogens with one attached hydrogen (secondary N) is 2. The third-order valence-corrected chi connectivity index (χ3v) is 7.46. The molecule has 4 aromatic rings. The highest BCUT2D eigenvalue weighted by atomic mass is 16.2. The summed E-state index contributed by atoms with van der Waals surface area (Å²) >= 11 is 0. The predicted octanol–water partition coefficient (Wildman–Crippen LogP) is 6.01. The number of carbonyl (C=O) groups is 2. The molecule has 2 aromatic carbocycles. The molecule has 3 amide bonds. The van der Waals surface area contributed by atoms with E-state index in [1.54, 1.807) is 17.1 Å². The maximum Gasteiger partial charge on any atom is 0.324 e. The maximum absolute atomic E-state index is 13.3. The van der Waals surface area contributed by atoms with E-state index in [1.807, 2.05) is 60.4 Å². The molecule has 2 N–H and O–H groups in total. The highest BCUT2D eigenvalue weighted by Crippen LogP contribution is 2.28.